The SMILES string of the molecule is Brc1ccc(Sc2nc3ccccc3cc2-c2ccccc2)cc1. The van der Waals surface area contributed by atoms with Crippen LogP contribution in [0.5, 0.6) is 0 Å². The number of hydrogen-bond acceptors (Lipinski definition) is 2. The van der Waals surface area contributed by atoms with Gasteiger partial charge in [0.05, 0.1) is 5.52 Å². The van der Waals surface area contributed by atoms with Crippen molar-refractivity contribution in [1.29, 1.82) is 0 Å². The standard InChI is InChI=1S/C21H14BrNS/c22-17-10-12-18(13-11-17)24-21-19(15-6-2-1-3-7-15)14-16-8-4-5-9-20(16)23-21/h1-14H. The first kappa shape index (κ1) is 15.4. The van der Waals surface area contributed by atoms with Crippen molar-refractivity contribution in [2.75, 3.05) is 0 Å². The van der Waals surface area contributed by atoms with Crippen LogP contribution in [0.15, 0.2) is 99.3 Å². The van der Waals surface area contributed by atoms with E-state index in [-0.39, 0.29) is 0 Å². The van der Waals surface area contributed by atoms with Crippen LogP contribution < -0.4 is 0 Å². The predicted octanol–water partition coefficient (Wildman–Crippen LogP) is 6.82. The van der Waals surface area contributed by atoms with Gasteiger partial charge in [0.15, 0.2) is 0 Å². The molecule has 4 aromatic rings. The zero-order valence-electron chi connectivity index (χ0n) is 12.8. The second-order valence-electron chi connectivity index (χ2n) is 5.46. The van der Waals surface area contributed by atoms with Crippen LogP contribution >= 0.6 is 27.7 Å². The molecule has 0 saturated carbocycles. The Hall–Kier alpha value is -2.10. The third kappa shape index (κ3) is 3.23. The highest BCUT2D eigenvalue weighted by Crippen LogP contribution is 2.36. The third-order valence-corrected chi connectivity index (χ3v) is 5.34. The molecule has 0 fully saturated rings. The van der Waals surface area contributed by atoms with E-state index in [1.54, 1.807) is 11.8 Å². The number of halogens is 1. The van der Waals surface area contributed by atoms with Crippen molar-refractivity contribution in [3.8, 4) is 11.1 Å². The number of aromatic nitrogens is 1. The summed E-state index contributed by atoms with van der Waals surface area (Å²) in [5.74, 6) is 0. The summed E-state index contributed by atoms with van der Waals surface area (Å²) in [5.41, 5.74) is 3.38. The smallest absolute Gasteiger partial charge is 0.109 e. The molecule has 0 aliphatic heterocycles. The van der Waals surface area contributed by atoms with E-state index in [1.807, 2.05) is 12.1 Å². The summed E-state index contributed by atoms with van der Waals surface area (Å²) >= 11 is 5.19. The van der Waals surface area contributed by atoms with Gasteiger partial charge in [0, 0.05) is 20.3 Å². The highest BCUT2D eigenvalue weighted by molar-refractivity contribution is 9.10. The molecule has 1 nitrogen and oxygen atoms in total. The summed E-state index contributed by atoms with van der Waals surface area (Å²) in [7, 11) is 0. The molecule has 0 saturated heterocycles. The fraction of sp³-hybridized carbons (Fsp3) is 0. The lowest BCUT2D eigenvalue weighted by Crippen LogP contribution is -1.89. The normalized spacial score (nSPS) is 10.9. The van der Waals surface area contributed by atoms with Gasteiger partial charge in [0.25, 0.3) is 0 Å². The van der Waals surface area contributed by atoms with Crippen LogP contribution in [-0.4, -0.2) is 4.98 Å². The molecule has 0 aliphatic rings. The lowest BCUT2D eigenvalue weighted by Gasteiger charge is -2.11. The van der Waals surface area contributed by atoms with E-state index >= 15 is 0 Å². The van der Waals surface area contributed by atoms with E-state index in [1.165, 1.54) is 16.0 Å². The molecule has 0 radical (unpaired) electrons. The number of pyridine rings is 1. The average molecular weight is 392 g/mol. The van der Waals surface area contributed by atoms with Crippen LogP contribution in [0.3, 0.4) is 0 Å². The zero-order valence-corrected chi connectivity index (χ0v) is 15.2. The molecule has 24 heavy (non-hydrogen) atoms. The van der Waals surface area contributed by atoms with Gasteiger partial charge in [-0.1, -0.05) is 76.2 Å². The minimum Gasteiger partial charge on any atom is -0.240 e. The molecule has 3 heteroatoms. The van der Waals surface area contributed by atoms with Crippen LogP contribution in [-0.2, 0) is 0 Å². The average Bonchev–Trinajstić information content (AvgIpc) is 2.64. The van der Waals surface area contributed by atoms with Crippen molar-refractivity contribution >= 4 is 38.6 Å². The second kappa shape index (κ2) is 6.80. The van der Waals surface area contributed by atoms with Crippen LogP contribution in [0, 0.1) is 0 Å². The summed E-state index contributed by atoms with van der Waals surface area (Å²) < 4.78 is 1.08. The molecular formula is C21H14BrNS. The Morgan fingerprint density at radius 2 is 1.46 bits per heavy atom. The van der Waals surface area contributed by atoms with Gasteiger partial charge in [0.1, 0.15) is 5.03 Å². The summed E-state index contributed by atoms with van der Waals surface area (Å²) in [4.78, 5) is 6.10. The van der Waals surface area contributed by atoms with Crippen LogP contribution in [0.2, 0.25) is 0 Å². The lowest BCUT2D eigenvalue weighted by atomic mass is 10.1. The fourth-order valence-corrected chi connectivity index (χ4v) is 3.81. The van der Waals surface area contributed by atoms with Crippen LogP contribution in [0.1, 0.15) is 0 Å². The molecule has 1 heterocycles. The summed E-state index contributed by atoms with van der Waals surface area (Å²) in [6.45, 7) is 0. The number of benzene rings is 3. The zero-order chi connectivity index (χ0) is 16.4. The summed E-state index contributed by atoms with van der Waals surface area (Å²) in [6.07, 6.45) is 0. The first-order valence-corrected chi connectivity index (χ1v) is 9.29. The fourth-order valence-electron chi connectivity index (χ4n) is 2.61. The molecule has 0 amide bonds. The van der Waals surface area contributed by atoms with Crippen molar-refractivity contribution in [1.82, 2.24) is 4.98 Å². The Morgan fingerprint density at radius 3 is 2.25 bits per heavy atom. The molecule has 3 aromatic carbocycles. The van der Waals surface area contributed by atoms with Gasteiger partial charge >= 0.3 is 0 Å². The van der Waals surface area contributed by atoms with E-state index in [0.717, 1.165) is 20.4 Å². The highest BCUT2D eigenvalue weighted by Gasteiger charge is 2.10. The van der Waals surface area contributed by atoms with Gasteiger partial charge in [-0.25, -0.2) is 4.98 Å². The van der Waals surface area contributed by atoms with Gasteiger partial charge in [-0.2, -0.15) is 0 Å². The molecule has 0 aliphatic carbocycles. The highest BCUT2D eigenvalue weighted by atomic mass is 79.9. The molecule has 0 atom stereocenters. The molecule has 1 aromatic heterocycles. The maximum Gasteiger partial charge on any atom is 0.109 e. The molecule has 4 rings (SSSR count). The molecule has 0 N–H and O–H groups in total. The minimum absolute atomic E-state index is 1.02. The minimum atomic E-state index is 1.02. The van der Waals surface area contributed by atoms with E-state index < -0.39 is 0 Å². The molecule has 0 spiro atoms. The van der Waals surface area contributed by atoms with Crippen molar-refractivity contribution in [3.05, 3.63) is 89.4 Å². The maximum atomic E-state index is 4.92. The Labute approximate surface area is 153 Å². The Morgan fingerprint density at radius 1 is 0.750 bits per heavy atom. The molecule has 0 unspecified atom stereocenters. The van der Waals surface area contributed by atoms with Crippen molar-refractivity contribution in [2.24, 2.45) is 0 Å². The first-order valence-electron chi connectivity index (χ1n) is 7.68. The Bertz CT molecular complexity index is 982. The number of fused-ring (bicyclic) bond motifs is 1. The quantitative estimate of drug-likeness (QED) is 0.380. The lowest BCUT2D eigenvalue weighted by molar-refractivity contribution is 1.19. The monoisotopic (exact) mass is 391 g/mol. The maximum absolute atomic E-state index is 4.92. The first-order chi connectivity index (χ1) is 11.8. The van der Waals surface area contributed by atoms with Gasteiger partial charge in [-0.3, -0.25) is 0 Å². The van der Waals surface area contributed by atoms with Gasteiger partial charge in [-0.05, 0) is 42.0 Å². The summed E-state index contributed by atoms with van der Waals surface area (Å²) in [5, 5.41) is 2.19. The second-order valence-corrected chi connectivity index (χ2v) is 7.43. The van der Waals surface area contributed by atoms with Gasteiger partial charge in [-0.15, -0.1) is 0 Å². The van der Waals surface area contributed by atoms with Gasteiger partial charge < -0.3 is 0 Å². The van der Waals surface area contributed by atoms with E-state index in [2.05, 4.69) is 88.7 Å². The Balaban J connectivity index is 1.86. The third-order valence-electron chi connectivity index (χ3n) is 3.80. The molecular weight excluding hydrogens is 378 g/mol. The van der Waals surface area contributed by atoms with E-state index in [4.69, 9.17) is 4.98 Å². The topological polar surface area (TPSA) is 12.9 Å². The van der Waals surface area contributed by atoms with Crippen molar-refractivity contribution in [2.45, 2.75) is 9.92 Å². The number of hydrogen-bond donors (Lipinski definition) is 0. The molecule has 116 valence electrons. The number of rotatable bonds is 3. The van der Waals surface area contributed by atoms with Crippen molar-refractivity contribution < 1.29 is 0 Å². The summed E-state index contributed by atoms with van der Waals surface area (Å²) in [6, 6.07) is 29.3. The van der Waals surface area contributed by atoms with Crippen LogP contribution in [0.4, 0.5) is 0 Å². The largest absolute Gasteiger partial charge is 0.240 e. The molecule has 0 bridgehead atoms. The van der Waals surface area contributed by atoms with E-state index in [0.29, 0.717) is 0 Å². The number of para-hydroxylation sites is 1. The Kier molecular flexibility index (Phi) is 4.37. The van der Waals surface area contributed by atoms with E-state index in [9.17, 15) is 0 Å². The van der Waals surface area contributed by atoms with Crippen molar-refractivity contribution in [3.63, 3.8) is 0 Å². The number of nitrogens with zero attached hydrogens (tertiary/aromatic N) is 1. The van der Waals surface area contributed by atoms with Crippen LogP contribution in [0.25, 0.3) is 22.0 Å². The van der Waals surface area contributed by atoms with Gasteiger partial charge in [0.2, 0.25) is 0 Å². The predicted molar refractivity (Wildman–Crippen MR) is 105 cm³/mol.